The van der Waals surface area contributed by atoms with Crippen molar-refractivity contribution in [3.8, 4) is 0 Å². The lowest BCUT2D eigenvalue weighted by Crippen LogP contribution is -2.40. The molecule has 0 heterocycles. The van der Waals surface area contributed by atoms with Crippen LogP contribution >= 0.6 is 0 Å². The molecule has 1 aliphatic carbocycles. The second-order valence-electron chi connectivity index (χ2n) is 5.19. The lowest BCUT2D eigenvalue weighted by Gasteiger charge is -2.22. The van der Waals surface area contributed by atoms with Gasteiger partial charge >= 0.3 is 0 Å². The number of amides is 1. The Hall–Kier alpha value is -1.35. The average molecular weight is 232 g/mol. The maximum Gasteiger partial charge on any atom is 0.244 e. The van der Waals surface area contributed by atoms with Gasteiger partial charge in [0, 0.05) is 0 Å². The molecule has 17 heavy (non-hydrogen) atoms. The average Bonchev–Trinajstić information content (AvgIpc) is 3.07. The molecule has 3 N–H and O–H groups in total. The third-order valence-electron chi connectivity index (χ3n) is 4.16. The molecule has 0 bridgehead atoms. The molecule has 1 amide bonds. The van der Waals surface area contributed by atoms with Gasteiger partial charge in [-0.3, -0.25) is 10.2 Å². The van der Waals surface area contributed by atoms with Crippen molar-refractivity contribution in [2.45, 2.75) is 46.0 Å². The first-order valence-electron chi connectivity index (χ1n) is 6.03. The van der Waals surface area contributed by atoms with Crippen LogP contribution in [0.3, 0.4) is 0 Å². The van der Waals surface area contributed by atoms with Gasteiger partial charge in [0.25, 0.3) is 0 Å². The van der Waals surface area contributed by atoms with Crippen LogP contribution in [0, 0.1) is 27.7 Å². The Bertz CT molecular complexity index is 461. The van der Waals surface area contributed by atoms with Crippen LogP contribution in [-0.2, 0) is 10.2 Å². The molecule has 1 saturated carbocycles. The number of nitrogens with two attached hydrogens (primary N) is 1. The Morgan fingerprint density at radius 1 is 1.18 bits per heavy atom. The highest BCUT2D eigenvalue weighted by molar-refractivity contribution is 5.92. The van der Waals surface area contributed by atoms with Crippen molar-refractivity contribution >= 4 is 5.91 Å². The minimum atomic E-state index is -0.361. The van der Waals surface area contributed by atoms with E-state index in [2.05, 4.69) is 39.2 Å². The number of nitrogens with one attached hydrogen (secondary N) is 1. The molecule has 2 rings (SSSR count). The lowest BCUT2D eigenvalue weighted by molar-refractivity contribution is -0.123. The zero-order chi connectivity index (χ0) is 12.8. The molecule has 1 fully saturated rings. The first kappa shape index (κ1) is 12.1. The van der Waals surface area contributed by atoms with Crippen molar-refractivity contribution in [3.63, 3.8) is 0 Å². The number of hydrogen-bond donors (Lipinski definition) is 2. The largest absolute Gasteiger partial charge is 0.293 e. The van der Waals surface area contributed by atoms with E-state index in [1.807, 2.05) is 0 Å². The first-order chi connectivity index (χ1) is 7.94. The highest BCUT2D eigenvalue weighted by atomic mass is 16.2. The molecule has 0 aliphatic heterocycles. The number of hydrazine groups is 1. The molecule has 0 radical (unpaired) electrons. The topological polar surface area (TPSA) is 55.1 Å². The Kier molecular flexibility index (Phi) is 2.74. The van der Waals surface area contributed by atoms with Gasteiger partial charge in [-0.25, -0.2) is 5.84 Å². The molecule has 0 unspecified atom stereocenters. The van der Waals surface area contributed by atoms with Gasteiger partial charge in [-0.1, -0.05) is 6.07 Å². The van der Waals surface area contributed by atoms with Crippen molar-refractivity contribution in [1.29, 1.82) is 0 Å². The number of carbonyl (C=O) groups excluding carboxylic acids is 1. The van der Waals surface area contributed by atoms with E-state index in [1.54, 1.807) is 0 Å². The van der Waals surface area contributed by atoms with Gasteiger partial charge in [0.05, 0.1) is 5.41 Å². The summed E-state index contributed by atoms with van der Waals surface area (Å²) < 4.78 is 0. The van der Waals surface area contributed by atoms with E-state index in [9.17, 15) is 4.79 Å². The highest BCUT2D eigenvalue weighted by Gasteiger charge is 2.52. The van der Waals surface area contributed by atoms with E-state index >= 15 is 0 Å². The van der Waals surface area contributed by atoms with E-state index in [1.165, 1.54) is 27.8 Å². The molecule has 3 heteroatoms. The smallest absolute Gasteiger partial charge is 0.244 e. The predicted molar refractivity (Wildman–Crippen MR) is 68.6 cm³/mol. The molecule has 92 valence electrons. The van der Waals surface area contributed by atoms with E-state index in [0.717, 1.165) is 12.8 Å². The summed E-state index contributed by atoms with van der Waals surface area (Å²) in [5.74, 6) is 5.26. The molecular weight excluding hydrogens is 212 g/mol. The number of benzene rings is 1. The van der Waals surface area contributed by atoms with Crippen LogP contribution < -0.4 is 11.3 Å². The summed E-state index contributed by atoms with van der Waals surface area (Å²) in [6, 6.07) is 2.19. The minimum absolute atomic E-state index is 0.0475. The summed E-state index contributed by atoms with van der Waals surface area (Å²) in [7, 11) is 0. The van der Waals surface area contributed by atoms with Gasteiger partial charge < -0.3 is 0 Å². The second-order valence-corrected chi connectivity index (χ2v) is 5.19. The molecule has 0 aromatic heterocycles. The van der Waals surface area contributed by atoms with Gasteiger partial charge in [-0.15, -0.1) is 0 Å². The zero-order valence-electron chi connectivity index (χ0n) is 11.0. The summed E-state index contributed by atoms with van der Waals surface area (Å²) >= 11 is 0. The molecule has 0 saturated heterocycles. The highest BCUT2D eigenvalue weighted by Crippen LogP contribution is 2.51. The summed E-state index contributed by atoms with van der Waals surface area (Å²) in [5.41, 5.74) is 8.11. The summed E-state index contributed by atoms with van der Waals surface area (Å²) in [6.45, 7) is 8.39. The Morgan fingerprint density at radius 3 is 2.00 bits per heavy atom. The van der Waals surface area contributed by atoms with Crippen molar-refractivity contribution in [3.05, 3.63) is 33.9 Å². The Morgan fingerprint density at radius 2 is 1.65 bits per heavy atom. The van der Waals surface area contributed by atoms with Gasteiger partial charge in [-0.05, 0) is 68.4 Å². The van der Waals surface area contributed by atoms with Crippen LogP contribution in [0.25, 0.3) is 0 Å². The minimum Gasteiger partial charge on any atom is -0.293 e. The van der Waals surface area contributed by atoms with Crippen molar-refractivity contribution < 1.29 is 4.79 Å². The maximum absolute atomic E-state index is 12.0. The molecule has 1 aromatic carbocycles. The number of carbonyl (C=O) groups is 1. The van der Waals surface area contributed by atoms with Gasteiger partial charge in [0.1, 0.15) is 0 Å². The van der Waals surface area contributed by atoms with Gasteiger partial charge in [-0.2, -0.15) is 0 Å². The van der Waals surface area contributed by atoms with E-state index in [0.29, 0.717) is 0 Å². The van der Waals surface area contributed by atoms with Crippen molar-refractivity contribution in [2.24, 2.45) is 5.84 Å². The van der Waals surface area contributed by atoms with Crippen molar-refractivity contribution in [1.82, 2.24) is 5.43 Å². The number of rotatable bonds is 2. The molecule has 0 spiro atoms. The van der Waals surface area contributed by atoms with E-state index in [-0.39, 0.29) is 11.3 Å². The van der Waals surface area contributed by atoms with Crippen LogP contribution in [0.2, 0.25) is 0 Å². The van der Waals surface area contributed by atoms with Gasteiger partial charge in [0.15, 0.2) is 0 Å². The van der Waals surface area contributed by atoms with E-state index in [4.69, 9.17) is 5.84 Å². The number of aryl methyl sites for hydroxylation is 2. The second kappa shape index (κ2) is 3.84. The fourth-order valence-electron chi connectivity index (χ4n) is 2.79. The number of hydrogen-bond acceptors (Lipinski definition) is 2. The SMILES string of the molecule is Cc1cc(C)c(C)c(C2(C(=O)NN)CC2)c1C. The van der Waals surface area contributed by atoms with Gasteiger partial charge in [0.2, 0.25) is 5.91 Å². The molecule has 0 atom stereocenters. The molecule has 3 nitrogen and oxygen atoms in total. The van der Waals surface area contributed by atoms with E-state index < -0.39 is 0 Å². The third kappa shape index (κ3) is 1.65. The summed E-state index contributed by atoms with van der Waals surface area (Å²) in [6.07, 6.45) is 1.81. The Balaban J connectivity index is 2.64. The lowest BCUT2D eigenvalue weighted by atomic mass is 9.83. The Labute approximate surface area is 102 Å². The zero-order valence-corrected chi connectivity index (χ0v) is 11.0. The predicted octanol–water partition coefficient (Wildman–Crippen LogP) is 1.94. The fourth-order valence-corrected chi connectivity index (χ4v) is 2.79. The summed E-state index contributed by atoms with van der Waals surface area (Å²) in [5, 5.41) is 0. The monoisotopic (exact) mass is 232 g/mol. The maximum atomic E-state index is 12.0. The van der Waals surface area contributed by atoms with Crippen LogP contribution in [-0.4, -0.2) is 5.91 Å². The van der Waals surface area contributed by atoms with Crippen LogP contribution in [0.1, 0.15) is 40.7 Å². The quantitative estimate of drug-likeness (QED) is 0.465. The standard InChI is InChI=1S/C14H20N2O/c1-8-7-9(2)11(4)12(10(8)3)14(5-6-14)13(17)16-15/h7H,5-6,15H2,1-4H3,(H,16,17). The van der Waals surface area contributed by atoms with Crippen LogP contribution in [0.5, 0.6) is 0 Å². The summed E-state index contributed by atoms with van der Waals surface area (Å²) in [4.78, 5) is 12.0. The normalized spacial score (nSPS) is 16.8. The third-order valence-corrected chi connectivity index (χ3v) is 4.16. The first-order valence-corrected chi connectivity index (χ1v) is 6.03. The van der Waals surface area contributed by atoms with Crippen LogP contribution in [0.4, 0.5) is 0 Å². The van der Waals surface area contributed by atoms with Crippen LogP contribution in [0.15, 0.2) is 6.07 Å². The molecule has 1 aromatic rings. The molecular formula is C14H20N2O. The molecule has 1 aliphatic rings. The fraction of sp³-hybridized carbons (Fsp3) is 0.500. The van der Waals surface area contributed by atoms with Crippen molar-refractivity contribution in [2.75, 3.05) is 0 Å².